The van der Waals surface area contributed by atoms with Crippen LogP contribution >= 0.6 is 0 Å². The molecule has 0 radical (unpaired) electrons. The first-order chi connectivity index (χ1) is 8.15. The molecule has 0 aromatic heterocycles. The van der Waals surface area contributed by atoms with Crippen LogP contribution in [0.1, 0.15) is 10.4 Å². The molecular weight excluding hydrogens is 218 g/mol. The van der Waals surface area contributed by atoms with Gasteiger partial charge in [0.25, 0.3) is 5.91 Å². The van der Waals surface area contributed by atoms with Gasteiger partial charge in [-0.25, -0.2) is 0 Å². The van der Waals surface area contributed by atoms with Crippen molar-refractivity contribution in [3.8, 4) is 6.07 Å². The molecule has 1 aromatic carbocycles. The summed E-state index contributed by atoms with van der Waals surface area (Å²) in [4.78, 5) is 11.7. The lowest BCUT2D eigenvalue weighted by molar-refractivity contribution is 0.0959. The second-order valence-electron chi connectivity index (χ2n) is 3.39. The Labute approximate surface area is 99.5 Å². The van der Waals surface area contributed by atoms with E-state index in [0.29, 0.717) is 11.3 Å². The largest absolute Gasteiger partial charge is 0.339 e. The van der Waals surface area contributed by atoms with Crippen LogP contribution in [0.15, 0.2) is 34.6 Å². The highest BCUT2D eigenvalue weighted by atomic mass is 16.1. The predicted molar refractivity (Wildman–Crippen MR) is 62.6 cm³/mol. The van der Waals surface area contributed by atoms with Crippen molar-refractivity contribution < 1.29 is 4.79 Å². The summed E-state index contributed by atoms with van der Waals surface area (Å²) in [5.41, 5.74) is 0.866. The van der Waals surface area contributed by atoms with Crippen LogP contribution in [-0.2, 0) is 0 Å². The first-order valence-electron chi connectivity index (χ1n) is 4.98. The first-order valence-corrected chi connectivity index (χ1v) is 4.98. The molecule has 0 spiro atoms. The fourth-order valence-electron chi connectivity index (χ4n) is 1.11. The Morgan fingerprint density at radius 3 is 2.82 bits per heavy atom. The summed E-state index contributed by atoms with van der Waals surface area (Å²) in [6.07, 6.45) is 0. The second-order valence-corrected chi connectivity index (χ2v) is 3.39. The Hall–Kier alpha value is -2.42. The molecule has 6 nitrogen and oxygen atoms in total. The van der Waals surface area contributed by atoms with Gasteiger partial charge < -0.3 is 5.32 Å². The van der Waals surface area contributed by atoms with Gasteiger partial charge in [0.15, 0.2) is 0 Å². The third-order valence-corrected chi connectivity index (χ3v) is 1.81. The first kappa shape index (κ1) is 12.6. The maximum absolute atomic E-state index is 11.7. The van der Waals surface area contributed by atoms with Crippen molar-refractivity contribution in [3.05, 3.63) is 29.8 Å². The predicted octanol–water partition coefficient (Wildman–Crippen LogP) is 1.50. The summed E-state index contributed by atoms with van der Waals surface area (Å²) < 4.78 is 0. The van der Waals surface area contributed by atoms with Gasteiger partial charge in [-0.2, -0.15) is 5.26 Å². The molecule has 0 unspecified atom stereocenters. The molecule has 0 aliphatic rings. The van der Waals surface area contributed by atoms with E-state index in [1.807, 2.05) is 6.07 Å². The molecule has 17 heavy (non-hydrogen) atoms. The molecule has 0 aliphatic heterocycles. The lowest BCUT2D eigenvalue weighted by Gasteiger charge is -2.05. The molecule has 6 heteroatoms. The fourth-order valence-corrected chi connectivity index (χ4v) is 1.11. The van der Waals surface area contributed by atoms with Crippen molar-refractivity contribution >= 4 is 11.6 Å². The SMILES string of the molecule is CN(C)N=Nc1ccccc1C(=O)NCC#N. The topological polar surface area (TPSA) is 80.8 Å². The van der Waals surface area contributed by atoms with Crippen molar-refractivity contribution in [1.29, 1.82) is 5.26 Å². The van der Waals surface area contributed by atoms with Crippen LogP contribution in [0.3, 0.4) is 0 Å². The maximum Gasteiger partial charge on any atom is 0.254 e. The standard InChI is InChI=1S/C11H13N5O/c1-16(2)15-14-10-6-4-3-5-9(10)11(17)13-8-7-12/h3-6H,8H2,1-2H3,(H,13,17). The van der Waals surface area contributed by atoms with Crippen molar-refractivity contribution in [2.75, 3.05) is 20.6 Å². The second kappa shape index (κ2) is 6.23. The van der Waals surface area contributed by atoms with Gasteiger partial charge in [0.05, 0.1) is 11.6 Å². The average molecular weight is 231 g/mol. The summed E-state index contributed by atoms with van der Waals surface area (Å²) >= 11 is 0. The summed E-state index contributed by atoms with van der Waals surface area (Å²) in [6, 6.07) is 8.67. The molecule has 1 aromatic rings. The Morgan fingerprint density at radius 2 is 2.18 bits per heavy atom. The highest BCUT2D eigenvalue weighted by Crippen LogP contribution is 2.18. The van der Waals surface area contributed by atoms with E-state index in [1.165, 1.54) is 5.01 Å². The van der Waals surface area contributed by atoms with E-state index < -0.39 is 0 Å². The molecule has 88 valence electrons. The van der Waals surface area contributed by atoms with Crippen molar-refractivity contribution in [2.45, 2.75) is 0 Å². The highest BCUT2D eigenvalue weighted by Gasteiger charge is 2.09. The molecule has 0 saturated heterocycles. The minimum atomic E-state index is -0.333. The molecule has 0 heterocycles. The number of carbonyl (C=O) groups is 1. The molecule has 1 rings (SSSR count). The van der Waals surface area contributed by atoms with Crippen LogP contribution in [0.25, 0.3) is 0 Å². The normalized spacial score (nSPS) is 9.94. The van der Waals surface area contributed by atoms with Crippen LogP contribution in [0, 0.1) is 11.3 Å². The van der Waals surface area contributed by atoms with E-state index in [4.69, 9.17) is 5.26 Å². The van der Waals surface area contributed by atoms with Gasteiger partial charge in [-0.05, 0) is 12.1 Å². The number of nitrogens with one attached hydrogen (secondary N) is 1. The molecule has 0 aliphatic carbocycles. The number of rotatable bonds is 4. The van der Waals surface area contributed by atoms with Gasteiger partial charge >= 0.3 is 0 Å². The molecule has 1 N–H and O–H groups in total. The summed E-state index contributed by atoms with van der Waals surface area (Å²) in [6.45, 7) is -0.0298. The number of nitrogens with zero attached hydrogens (tertiary/aromatic N) is 4. The summed E-state index contributed by atoms with van der Waals surface area (Å²) in [5.74, 6) is -0.333. The Morgan fingerprint density at radius 1 is 1.47 bits per heavy atom. The van der Waals surface area contributed by atoms with E-state index in [2.05, 4.69) is 15.7 Å². The van der Waals surface area contributed by atoms with E-state index in [-0.39, 0.29) is 12.5 Å². The lowest BCUT2D eigenvalue weighted by atomic mass is 10.1. The van der Waals surface area contributed by atoms with E-state index in [0.717, 1.165) is 0 Å². The van der Waals surface area contributed by atoms with Crippen LogP contribution in [0.2, 0.25) is 0 Å². The summed E-state index contributed by atoms with van der Waals surface area (Å²) in [7, 11) is 3.48. The average Bonchev–Trinajstić information content (AvgIpc) is 2.33. The van der Waals surface area contributed by atoms with Crippen LogP contribution in [-0.4, -0.2) is 31.6 Å². The van der Waals surface area contributed by atoms with Gasteiger partial charge in [-0.15, -0.1) is 5.11 Å². The third-order valence-electron chi connectivity index (χ3n) is 1.81. The van der Waals surface area contributed by atoms with E-state index >= 15 is 0 Å². The smallest absolute Gasteiger partial charge is 0.254 e. The molecule has 0 fully saturated rings. The van der Waals surface area contributed by atoms with Crippen molar-refractivity contribution in [3.63, 3.8) is 0 Å². The minimum absolute atomic E-state index is 0.0298. The van der Waals surface area contributed by atoms with E-state index in [9.17, 15) is 4.79 Å². The molecular formula is C11H13N5O. The molecule has 0 atom stereocenters. The molecule has 0 saturated carbocycles. The van der Waals surface area contributed by atoms with Gasteiger partial charge in [-0.1, -0.05) is 17.4 Å². The number of nitriles is 1. The zero-order valence-corrected chi connectivity index (χ0v) is 9.71. The van der Waals surface area contributed by atoms with Crippen molar-refractivity contribution in [1.82, 2.24) is 10.3 Å². The summed E-state index contributed by atoms with van der Waals surface area (Å²) in [5, 5.41) is 20.2. The fraction of sp³-hybridized carbons (Fsp3) is 0.273. The Bertz CT molecular complexity index is 461. The Kier molecular flexibility index (Phi) is 4.63. The van der Waals surface area contributed by atoms with Crippen molar-refractivity contribution in [2.24, 2.45) is 10.3 Å². The minimum Gasteiger partial charge on any atom is -0.339 e. The van der Waals surface area contributed by atoms with Crippen LogP contribution in [0.5, 0.6) is 0 Å². The zero-order valence-electron chi connectivity index (χ0n) is 9.71. The zero-order chi connectivity index (χ0) is 12.7. The Balaban J connectivity index is 2.92. The van der Waals surface area contributed by atoms with Gasteiger partial charge in [0.1, 0.15) is 12.2 Å². The number of hydrogen-bond donors (Lipinski definition) is 1. The third kappa shape index (κ3) is 3.91. The quantitative estimate of drug-likeness (QED) is 0.484. The van der Waals surface area contributed by atoms with Crippen LogP contribution in [0.4, 0.5) is 5.69 Å². The van der Waals surface area contributed by atoms with Gasteiger partial charge in [0, 0.05) is 14.1 Å². The highest BCUT2D eigenvalue weighted by molar-refractivity contribution is 5.98. The van der Waals surface area contributed by atoms with Gasteiger partial charge in [0.2, 0.25) is 0 Å². The number of benzene rings is 1. The monoisotopic (exact) mass is 231 g/mol. The van der Waals surface area contributed by atoms with Crippen LogP contribution < -0.4 is 5.32 Å². The van der Waals surface area contributed by atoms with Gasteiger partial charge in [-0.3, -0.25) is 9.80 Å². The number of amides is 1. The molecule has 0 bridgehead atoms. The number of hydrogen-bond acceptors (Lipinski definition) is 4. The van der Waals surface area contributed by atoms with E-state index in [1.54, 1.807) is 38.4 Å². The molecule has 1 amide bonds. The number of carbonyl (C=O) groups excluding carboxylic acids is 1. The lowest BCUT2D eigenvalue weighted by Crippen LogP contribution is -2.23. The maximum atomic E-state index is 11.7.